The molecule has 0 saturated heterocycles. The highest BCUT2D eigenvalue weighted by Crippen LogP contribution is 2.32. The van der Waals surface area contributed by atoms with Crippen LogP contribution >= 0.6 is 11.3 Å². The number of carbonyl (C=O) groups is 1. The van der Waals surface area contributed by atoms with E-state index in [-0.39, 0.29) is 5.41 Å². The first-order valence-electron chi connectivity index (χ1n) is 9.83. The van der Waals surface area contributed by atoms with Crippen LogP contribution in [0.15, 0.2) is 69.6 Å². The lowest BCUT2D eigenvalue weighted by Crippen LogP contribution is -2.41. The number of aliphatic carboxylic acids is 1. The Hall–Kier alpha value is -3.45. The summed E-state index contributed by atoms with van der Waals surface area (Å²) in [6, 6.07) is 14.8. The van der Waals surface area contributed by atoms with Crippen molar-refractivity contribution in [3.8, 4) is 11.1 Å². The molecule has 1 unspecified atom stereocenters. The van der Waals surface area contributed by atoms with Gasteiger partial charge in [-0.1, -0.05) is 75.4 Å². The number of nitrogens with zero attached hydrogens (tertiary/aromatic N) is 1. The number of hydrogen-bond acceptors (Lipinski definition) is 4. The molecule has 31 heavy (non-hydrogen) atoms. The van der Waals surface area contributed by atoms with Gasteiger partial charge in [-0.05, 0) is 22.1 Å². The van der Waals surface area contributed by atoms with Gasteiger partial charge >= 0.3 is 11.7 Å². The van der Waals surface area contributed by atoms with Crippen molar-refractivity contribution in [2.45, 2.75) is 32.2 Å². The SMILES string of the molecule is CC(C)(C)c1ccc(-c2csc3[nH]c(=O)n(C(C(=O)O)c4ccccc4)c(=O)c23)cc1. The lowest BCUT2D eigenvalue weighted by Gasteiger charge is -2.19. The topological polar surface area (TPSA) is 92.2 Å². The largest absolute Gasteiger partial charge is 0.479 e. The Kier molecular flexibility index (Phi) is 5.15. The first-order valence-corrected chi connectivity index (χ1v) is 10.7. The molecule has 7 heteroatoms. The van der Waals surface area contributed by atoms with Gasteiger partial charge in [-0.2, -0.15) is 0 Å². The zero-order valence-corrected chi connectivity index (χ0v) is 18.2. The lowest BCUT2D eigenvalue weighted by atomic mass is 9.86. The van der Waals surface area contributed by atoms with Gasteiger partial charge in [0.2, 0.25) is 0 Å². The van der Waals surface area contributed by atoms with E-state index in [2.05, 4.69) is 25.8 Å². The van der Waals surface area contributed by atoms with Crippen molar-refractivity contribution < 1.29 is 9.90 Å². The molecular formula is C24H22N2O4S. The van der Waals surface area contributed by atoms with Crippen LogP contribution in [-0.2, 0) is 10.2 Å². The van der Waals surface area contributed by atoms with E-state index in [1.54, 1.807) is 30.3 Å². The second kappa shape index (κ2) is 7.67. The smallest absolute Gasteiger partial charge is 0.331 e. The van der Waals surface area contributed by atoms with Crippen LogP contribution in [0.2, 0.25) is 0 Å². The molecule has 4 aromatic rings. The first kappa shape index (κ1) is 20.8. The maximum Gasteiger partial charge on any atom is 0.331 e. The predicted octanol–water partition coefficient (Wildman–Crippen LogP) is 4.39. The number of H-pyrrole nitrogens is 1. The Bertz CT molecular complexity index is 1370. The van der Waals surface area contributed by atoms with Crippen LogP contribution in [0.5, 0.6) is 0 Å². The molecule has 158 valence electrons. The van der Waals surface area contributed by atoms with Crippen LogP contribution in [0.3, 0.4) is 0 Å². The van der Waals surface area contributed by atoms with Crippen molar-refractivity contribution in [1.82, 2.24) is 9.55 Å². The van der Waals surface area contributed by atoms with Gasteiger partial charge in [0.15, 0.2) is 6.04 Å². The van der Waals surface area contributed by atoms with Gasteiger partial charge in [0.1, 0.15) is 4.83 Å². The maximum atomic E-state index is 13.4. The summed E-state index contributed by atoms with van der Waals surface area (Å²) in [5.41, 5.74) is 1.66. The van der Waals surface area contributed by atoms with E-state index in [9.17, 15) is 19.5 Å². The van der Waals surface area contributed by atoms with Crippen molar-refractivity contribution in [3.05, 3.63) is 91.9 Å². The zero-order chi connectivity index (χ0) is 22.3. The average molecular weight is 435 g/mol. The second-order valence-electron chi connectivity index (χ2n) is 8.44. The number of hydrogen-bond donors (Lipinski definition) is 2. The van der Waals surface area contributed by atoms with Crippen LogP contribution in [0, 0.1) is 0 Å². The van der Waals surface area contributed by atoms with E-state index in [4.69, 9.17) is 0 Å². The van der Waals surface area contributed by atoms with Crippen molar-refractivity contribution in [2.75, 3.05) is 0 Å². The van der Waals surface area contributed by atoms with Gasteiger partial charge in [-0.3, -0.25) is 9.78 Å². The van der Waals surface area contributed by atoms with Crippen LogP contribution in [0.25, 0.3) is 21.3 Å². The van der Waals surface area contributed by atoms with Gasteiger partial charge in [-0.15, -0.1) is 11.3 Å². The minimum Gasteiger partial charge on any atom is -0.479 e. The Morgan fingerprint density at radius 3 is 2.26 bits per heavy atom. The Morgan fingerprint density at radius 2 is 1.68 bits per heavy atom. The van der Waals surface area contributed by atoms with Crippen LogP contribution < -0.4 is 11.2 Å². The van der Waals surface area contributed by atoms with Gasteiger partial charge < -0.3 is 5.11 Å². The van der Waals surface area contributed by atoms with Crippen molar-refractivity contribution >= 4 is 27.5 Å². The predicted molar refractivity (Wildman–Crippen MR) is 123 cm³/mol. The average Bonchev–Trinajstić information content (AvgIpc) is 3.14. The summed E-state index contributed by atoms with van der Waals surface area (Å²) in [6.07, 6.45) is 0. The molecular weight excluding hydrogens is 412 g/mol. The summed E-state index contributed by atoms with van der Waals surface area (Å²) < 4.78 is 0.791. The number of thiophene rings is 1. The van der Waals surface area contributed by atoms with E-state index >= 15 is 0 Å². The van der Waals surface area contributed by atoms with Crippen molar-refractivity contribution in [3.63, 3.8) is 0 Å². The van der Waals surface area contributed by atoms with E-state index in [1.807, 2.05) is 29.6 Å². The number of rotatable bonds is 4. The highest BCUT2D eigenvalue weighted by atomic mass is 32.1. The summed E-state index contributed by atoms with van der Waals surface area (Å²) >= 11 is 1.26. The number of aromatic amines is 1. The number of nitrogens with one attached hydrogen (secondary N) is 1. The third-order valence-electron chi connectivity index (χ3n) is 5.33. The van der Waals surface area contributed by atoms with Gasteiger partial charge in [0, 0.05) is 10.9 Å². The third-order valence-corrected chi connectivity index (χ3v) is 6.23. The molecule has 0 aliphatic heterocycles. The fraction of sp³-hybridized carbons (Fsp3) is 0.208. The number of carboxylic acids is 1. The highest BCUT2D eigenvalue weighted by molar-refractivity contribution is 7.17. The van der Waals surface area contributed by atoms with Gasteiger partial charge in [-0.25, -0.2) is 14.2 Å². The van der Waals surface area contributed by atoms with Crippen molar-refractivity contribution in [1.29, 1.82) is 0 Å². The molecule has 6 nitrogen and oxygen atoms in total. The van der Waals surface area contributed by atoms with Crippen LogP contribution in [0.4, 0.5) is 0 Å². The Morgan fingerprint density at radius 1 is 1.03 bits per heavy atom. The molecule has 4 rings (SSSR count). The number of fused-ring (bicyclic) bond motifs is 1. The highest BCUT2D eigenvalue weighted by Gasteiger charge is 2.27. The number of aromatic nitrogens is 2. The molecule has 0 saturated carbocycles. The number of benzene rings is 2. The summed E-state index contributed by atoms with van der Waals surface area (Å²) in [5, 5.41) is 12.0. The fourth-order valence-corrected chi connectivity index (χ4v) is 4.62. The molecule has 0 aliphatic rings. The van der Waals surface area contributed by atoms with Crippen LogP contribution in [0.1, 0.15) is 37.9 Å². The molecule has 2 N–H and O–H groups in total. The lowest BCUT2D eigenvalue weighted by molar-refractivity contribution is -0.139. The molecule has 0 bridgehead atoms. The molecule has 2 aromatic heterocycles. The summed E-state index contributed by atoms with van der Waals surface area (Å²) in [6.45, 7) is 6.38. The normalized spacial score (nSPS) is 12.7. The van der Waals surface area contributed by atoms with Crippen LogP contribution in [-0.4, -0.2) is 20.6 Å². The molecule has 0 aliphatic carbocycles. The minimum atomic E-state index is -1.42. The molecule has 1 atom stereocenters. The zero-order valence-electron chi connectivity index (χ0n) is 17.4. The Labute approximate surface area is 182 Å². The molecule has 0 fully saturated rings. The monoisotopic (exact) mass is 434 g/mol. The fourth-order valence-electron chi connectivity index (χ4n) is 3.67. The van der Waals surface area contributed by atoms with Crippen molar-refractivity contribution in [2.24, 2.45) is 0 Å². The summed E-state index contributed by atoms with van der Waals surface area (Å²) in [5.74, 6) is -1.27. The van der Waals surface area contributed by atoms with E-state index < -0.39 is 23.3 Å². The summed E-state index contributed by atoms with van der Waals surface area (Å²) in [7, 11) is 0. The molecule has 2 heterocycles. The van der Waals surface area contributed by atoms with E-state index in [1.165, 1.54) is 11.3 Å². The first-order chi connectivity index (χ1) is 14.7. The Balaban J connectivity index is 1.94. The quantitative estimate of drug-likeness (QED) is 0.498. The molecule has 0 amide bonds. The maximum absolute atomic E-state index is 13.4. The summed E-state index contributed by atoms with van der Waals surface area (Å²) in [4.78, 5) is 41.3. The molecule has 0 spiro atoms. The standard InChI is InChI=1S/C24H22N2O4S/c1-24(2,3)16-11-9-14(10-12-16)17-13-31-20-18(17)21(27)26(23(30)25-20)19(22(28)29)15-7-5-4-6-8-15/h4-13,19H,1-3H3,(H,25,30)(H,28,29). The third kappa shape index (κ3) is 3.72. The minimum absolute atomic E-state index is 0.00239. The molecule has 2 aromatic carbocycles. The second-order valence-corrected chi connectivity index (χ2v) is 9.32. The van der Waals surface area contributed by atoms with Gasteiger partial charge in [0.05, 0.1) is 5.39 Å². The van der Waals surface area contributed by atoms with Gasteiger partial charge in [0.25, 0.3) is 5.56 Å². The van der Waals surface area contributed by atoms with E-state index in [0.717, 1.165) is 15.7 Å². The van der Waals surface area contributed by atoms with E-state index in [0.29, 0.717) is 21.3 Å². The number of carboxylic acid groups (broad SMARTS) is 1. The molecule has 0 radical (unpaired) electrons.